The van der Waals surface area contributed by atoms with E-state index < -0.39 is 0 Å². The van der Waals surface area contributed by atoms with Gasteiger partial charge in [0.1, 0.15) is 0 Å². The van der Waals surface area contributed by atoms with Gasteiger partial charge >= 0.3 is 0 Å². The van der Waals surface area contributed by atoms with E-state index in [-0.39, 0.29) is 6.04 Å². The molecule has 4 heteroatoms. The van der Waals surface area contributed by atoms with Crippen LogP contribution in [0, 0.1) is 11.3 Å². The lowest BCUT2D eigenvalue weighted by Gasteiger charge is -2.25. The molecule has 0 amide bonds. The molecule has 0 heterocycles. The number of nitriles is 1. The summed E-state index contributed by atoms with van der Waals surface area (Å²) in [4.78, 5) is 2.32. The van der Waals surface area contributed by atoms with Gasteiger partial charge in [0.2, 0.25) is 0 Å². The highest BCUT2D eigenvalue weighted by Crippen LogP contribution is 2.34. The molecule has 21 heavy (non-hydrogen) atoms. The Bertz CT molecular complexity index is 505. The number of halogens is 1. The summed E-state index contributed by atoms with van der Waals surface area (Å²) in [5, 5.41) is 13.1. The zero-order valence-electron chi connectivity index (χ0n) is 12.9. The van der Waals surface area contributed by atoms with Crippen LogP contribution in [0.3, 0.4) is 0 Å². The van der Waals surface area contributed by atoms with E-state index in [1.165, 1.54) is 12.8 Å². The number of rotatable bonds is 8. The normalized spacial score (nSPS) is 15.5. The number of benzene rings is 1. The maximum Gasteiger partial charge on any atom is 0.0640 e. The van der Waals surface area contributed by atoms with E-state index >= 15 is 0 Å². The topological polar surface area (TPSA) is 39.1 Å². The van der Waals surface area contributed by atoms with Crippen molar-refractivity contribution in [3.63, 3.8) is 0 Å². The van der Waals surface area contributed by atoms with Crippen molar-refractivity contribution in [2.75, 3.05) is 18.0 Å². The van der Waals surface area contributed by atoms with Crippen molar-refractivity contribution in [3.8, 4) is 6.07 Å². The van der Waals surface area contributed by atoms with Gasteiger partial charge in [-0.1, -0.05) is 24.6 Å². The molecule has 1 fully saturated rings. The number of nitrogens with one attached hydrogen (secondary N) is 1. The molecule has 1 aromatic rings. The maximum atomic E-state index is 8.81. The number of hydrogen-bond donors (Lipinski definition) is 1. The highest BCUT2D eigenvalue weighted by Gasteiger charge is 2.29. The van der Waals surface area contributed by atoms with E-state index in [0.29, 0.717) is 12.5 Å². The third-order valence-electron chi connectivity index (χ3n) is 3.93. The Balaban J connectivity index is 2.11. The standard InChI is InChI=1S/C17H24ClN3/c1-3-10-20-13(2)16-8-7-15(12-17(16)18)21(11-4-9-19)14-5-6-14/h7-8,12-14,20H,3-6,10-11H2,1-2H3. The van der Waals surface area contributed by atoms with Gasteiger partial charge in [-0.15, -0.1) is 0 Å². The fourth-order valence-corrected chi connectivity index (χ4v) is 2.93. The lowest BCUT2D eigenvalue weighted by atomic mass is 10.1. The summed E-state index contributed by atoms with van der Waals surface area (Å²) in [6.07, 6.45) is 4.12. The van der Waals surface area contributed by atoms with Gasteiger partial charge in [-0.25, -0.2) is 0 Å². The van der Waals surface area contributed by atoms with Gasteiger partial charge in [0.15, 0.2) is 0 Å². The van der Waals surface area contributed by atoms with Crippen LogP contribution in [0.1, 0.15) is 51.1 Å². The molecule has 0 aliphatic heterocycles. The smallest absolute Gasteiger partial charge is 0.0640 e. The molecule has 1 aromatic carbocycles. The van der Waals surface area contributed by atoms with Gasteiger partial charge in [0, 0.05) is 29.3 Å². The molecule has 1 unspecified atom stereocenters. The second kappa shape index (κ2) is 7.68. The van der Waals surface area contributed by atoms with E-state index in [1.54, 1.807) is 0 Å². The van der Waals surface area contributed by atoms with Crippen LogP contribution < -0.4 is 10.2 Å². The van der Waals surface area contributed by atoms with Crippen LogP contribution in [0.15, 0.2) is 18.2 Å². The average molecular weight is 306 g/mol. The molecule has 114 valence electrons. The molecular weight excluding hydrogens is 282 g/mol. The Morgan fingerprint density at radius 1 is 1.48 bits per heavy atom. The molecule has 0 radical (unpaired) electrons. The molecular formula is C17H24ClN3. The van der Waals surface area contributed by atoms with Gasteiger partial charge in [-0.2, -0.15) is 5.26 Å². The predicted molar refractivity (Wildman–Crippen MR) is 88.8 cm³/mol. The first-order valence-electron chi connectivity index (χ1n) is 7.83. The summed E-state index contributed by atoms with van der Waals surface area (Å²) in [6, 6.07) is 9.40. The van der Waals surface area contributed by atoms with Crippen molar-refractivity contribution in [1.82, 2.24) is 5.32 Å². The van der Waals surface area contributed by atoms with E-state index in [9.17, 15) is 0 Å². The van der Waals surface area contributed by atoms with E-state index in [1.807, 2.05) is 0 Å². The van der Waals surface area contributed by atoms with Crippen molar-refractivity contribution < 1.29 is 0 Å². The summed E-state index contributed by atoms with van der Waals surface area (Å²) in [5.41, 5.74) is 2.29. The van der Waals surface area contributed by atoms with Gasteiger partial charge in [0.05, 0.1) is 12.5 Å². The molecule has 1 saturated carbocycles. The Morgan fingerprint density at radius 2 is 2.24 bits per heavy atom. The first kappa shape index (κ1) is 16.1. The molecule has 1 aliphatic carbocycles. The number of nitrogens with zero attached hydrogens (tertiary/aromatic N) is 2. The third-order valence-corrected chi connectivity index (χ3v) is 4.26. The van der Waals surface area contributed by atoms with E-state index in [4.69, 9.17) is 16.9 Å². The minimum atomic E-state index is 0.264. The molecule has 1 aliphatic rings. The van der Waals surface area contributed by atoms with Gasteiger partial charge in [0.25, 0.3) is 0 Å². The quantitative estimate of drug-likeness (QED) is 0.779. The Morgan fingerprint density at radius 3 is 2.81 bits per heavy atom. The Hall–Kier alpha value is -1.24. The molecule has 0 saturated heterocycles. The average Bonchev–Trinajstić information content (AvgIpc) is 3.30. The third kappa shape index (κ3) is 4.36. The first-order valence-corrected chi connectivity index (χ1v) is 8.21. The molecule has 3 nitrogen and oxygen atoms in total. The van der Waals surface area contributed by atoms with E-state index in [2.05, 4.69) is 48.3 Å². The first-order chi connectivity index (χ1) is 10.2. The lowest BCUT2D eigenvalue weighted by molar-refractivity contribution is 0.571. The van der Waals surface area contributed by atoms with Crippen LogP contribution in [0.5, 0.6) is 0 Å². The monoisotopic (exact) mass is 305 g/mol. The summed E-state index contributed by atoms with van der Waals surface area (Å²) in [6.45, 7) is 6.09. The highest BCUT2D eigenvalue weighted by atomic mass is 35.5. The van der Waals surface area contributed by atoms with Gasteiger partial charge < -0.3 is 10.2 Å². The van der Waals surface area contributed by atoms with Crippen LogP contribution in [-0.4, -0.2) is 19.1 Å². The van der Waals surface area contributed by atoms with Gasteiger partial charge in [-0.3, -0.25) is 0 Å². The summed E-state index contributed by atoms with van der Waals surface area (Å²) < 4.78 is 0. The second-order valence-electron chi connectivity index (χ2n) is 5.71. The molecule has 1 atom stereocenters. The van der Waals surface area contributed by atoms with Crippen molar-refractivity contribution in [1.29, 1.82) is 5.26 Å². The predicted octanol–water partition coefficient (Wildman–Crippen LogP) is 4.28. The van der Waals surface area contributed by atoms with Crippen LogP contribution in [0.2, 0.25) is 5.02 Å². The minimum absolute atomic E-state index is 0.264. The van der Waals surface area contributed by atoms with Crippen molar-refractivity contribution in [2.24, 2.45) is 0 Å². The van der Waals surface area contributed by atoms with Crippen molar-refractivity contribution >= 4 is 17.3 Å². The number of anilines is 1. The fraction of sp³-hybridized carbons (Fsp3) is 0.588. The molecule has 1 N–H and O–H groups in total. The molecule has 0 bridgehead atoms. The van der Waals surface area contributed by atoms with Gasteiger partial charge in [-0.05, 0) is 50.4 Å². The number of hydrogen-bond acceptors (Lipinski definition) is 3. The van der Waals surface area contributed by atoms with Crippen LogP contribution in [0.4, 0.5) is 5.69 Å². The van der Waals surface area contributed by atoms with Crippen molar-refractivity contribution in [2.45, 2.75) is 51.6 Å². The lowest BCUT2D eigenvalue weighted by Crippen LogP contribution is -2.26. The Kier molecular flexibility index (Phi) is 5.90. The largest absolute Gasteiger partial charge is 0.367 e. The summed E-state index contributed by atoms with van der Waals surface area (Å²) in [5.74, 6) is 0. The minimum Gasteiger partial charge on any atom is -0.367 e. The maximum absolute atomic E-state index is 8.81. The van der Waals surface area contributed by atoms with Crippen LogP contribution >= 0.6 is 11.6 Å². The van der Waals surface area contributed by atoms with Crippen LogP contribution in [0.25, 0.3) is 0 Å². The SMILES string of the molecule is CCCNC(C)c1ccc(N(CCC#N)C2CC2)cc1Cl. The zero-order chi connectivity index (χ0) is 15.2. The molecule has 2 rings (SSSR count). The van der Waals surface area contributed by atoms with E-state index in [0.717, 1.165) is 35.8 Å². The zero-order valence-corrected chi connectivity index (χ0v) is 13.7. The fourth-order valence-electron chi connectivity index (χ4n) is 2.60. The van der Waals surface area contributed by atoms with Crippen molar-refractivity contribution in [3.05, 3.63) is 28.8 Å². The molecule has 0 aromatic heterocycles. The highest BCUT2D eigenvalue weighted by molar-refractivity contribution is 6.31. The Labute approximate surface area is 132 Å². The molecule has 0 spiro atoms. The summed E-state index contributed by atoms with van der Waals surface area (Å²) in [7, 11) is 0. The second-order valence-corrected chi connectivity index (χ2v) is 6.12. The van der Waals surface area contributed by atoms with Crippen LogP contribution in [-0.2, 0) is 0 Å². The summed E-state index contributed by atoms with van der Waals surface area (Å²) >= 11 is 6.47.